The lowest BCUT2D eigenvalue weighted by Gasteiger charge is -2.32. The Kier molecular flexibility index (Phi) is 8.94. The Labute approximate surface area is 390 Å². The van der Waals surface area contributed by atoms with Gasteiger partial charge in [0.05, 0.1) is 16.8 Å². The average Bonchev–Trinajstić information content (AvgIpc) is 4.03. The van der Waals surface area contributed by atoms with E-state index in [2.05, 4.69) is 254 Å². The molecule has 0 N–H and O–H groups in total. The molecule has 0 amide bonds. The molecule has 0 unspecified atom stereocenters. The van der Waals surface area contributed by atoms with Gasteiger partial charge in [0, 0.05) is 27.6 Å². The van der Waals surface area contributed by atoms with E-state index in [1.165, 1.54) is 61.2 Å². The third-order valence-corrected chi connectivity index (χ3v) is 14.1. The van der Waals surface area contributed by atoms with Gasteiger partial charge in [-0.2, -0.15) is 0 Å². The van der Waals surface area contributed by atoms with Crippen molar-refractivity contribution in [1.29, 1.82) is 0 Å². The Balaban J connectivity index is 1.02. The number of rotatable bonds is 8. The first-order chi connectivity index (χ1) is 33.2. The molecule has 2 nitrogen and oxygen atoms in total. The fourth-order valence-electron chi connectivity index (χ4n) is 11.2. The van der Waals surface area contributed by atoms with E-state index in [1.54, 1.807) is 0 Å². The fraction of sp³-hybridized carbons (Fsp3) is 0.0154. The smallest absolute Gasteiger partial charge is 0.143 e. The summed E-state index contributed by atoms with van der Waals surface area (Å²) in [5, 5.41) is 3.30. The van der Waals surface area contributed by atoms with Gasteiger partial charge in [0.25, 0.3) is 0 Å². The summed E-state index contributed by atoms with van der Waals surface area (Å²) in [6.45, 7) is 4.17. The van der Waals surface area contributed by atoms with Crippen molar-refractivity contribution in [2.75, 3.05) is 4.90 Å². The van der Waals surface area contributed by atoms with Crippen LogP contribution in [0, 0.1) is 0 Å². The summed E-state index contributed by atoms with van der Waals surface area (Å²) in [5.41, 5.74) is 20.8. The third kappa shape index (κ3) is 5.90. The van der Waals surface area contributed by atoms with Crippen molar-refractivity contribution in [1.82, 2.24) is 0 Å². The Morgan fingerprint density at radius 1 is 0.418 bits per heavy atom. The molecule has 2 aliphatic carbocycles. The van der Waals surface area contributed by atoms with E-state index in [4.69, 9.17) is 4.42 Å². The maximum atomic E-state index is 6.55. The highest BCUT2D eigenvalue weighted by atomic mass is 16.3. The minimum Gasteiger partial charge on any atom is -0.455 e. The van der Waals surface area contributed by atoms with Gasteiger partial charge >= 0.3 is 0 Å². The van der Waals surface area contributed by atoms with Crippen molar-refractivity contribution in [3.8, 4) is 44.5 Å². The molecular weight excluding hydrogens is 811 g/mol. The van der Waals surface area contributed by atoms with Crippen molar-refractivity contribution in [3.63, 3.8) is 0 Å². The first kappa shape index (κ1) is 38.7. The zero-order valence-electron chi connectivity index (χ0n) is 36.7. The standard InChI is InChI=1S/C65H43NO/c1-2-62-53(54-41-36-45-20-6-8-24-50(45)64(54)67-62)40-37-46-21-7-15-32-60(46)66(49-38-34-44(35-39-49)48-23-16-22-47(42-48)43-18-4-3-5-19-43)61-33-17-31-59-63(61)55-27-11-14-30-58(55)65(59)56-28-12-9-25-51(56)52-26-10-13-29-57(52)65/h2-42H,1H2/b40-37+. The SMILES string of the molecule is C=Cc1oc2c(ccc3ccccc32)c1/C=C/c1ccccc1N(c1ccc(-c2cccc(-c3ccccc3)c2)cc1)c1cccc2c1-c1ccccc1C21c2ccccc2-c2ccccc21. The molecule has 0 fully saturated rings. The number of hydrogen-bond acceptors (Lipinski definition) is 2. The van der Waals surface area contributed by atoms with E-state index in [0.29, 0.717) is 0 Å². The molecule has 0 radical (unpaired) electrons. The molecule has 67 heavy (non-hydrogen) atoms. The maximum Gasteiger partial charge on any atom is 0.143 e. The van der Waals surface area contributed by atoms with Gasteiger partial charge in [0.15, 0.2) is 0 Å². The maximum absolute atomic E-state index is 6.55. The first-order valence-electron chi connectivity index (χ1n) is 23.0. The Hall–Kier alpha value is -8.72. The average molecular weight is 854 g/mol. The molecule has 13 rings (SSSR count). The van der Waals surface area contributed by atoms with Crippen molar-refractivity contribution < 1.29 is 4.42 Å². The normalized spacial score (nSPS) is 12.9. The molecule has 1 spiro atoms. The molecule has 0 atom stereocenters. The van der Waals surface area contributed by atoms with Crippen LogP contribution in [0.15, 0.2) is 242 Å². The quantitative estimate of drug-likeness (QED) is 0.151. The van der Waals surface area contributed by atoms with E-state index in [-0.39, 0.29) is 0 Å². The molecule has 0 saturated heterocycles. The van der Waals surface area contributed by atoms with Crippen LogP contribution in [0.1, 0.15) is 39.1 Å². The van der Waals surface area contributed by atoms with Gasteiger partial charge in [0.2, 0.25) is 0 Å². The van der Waals surface area contributed by atoms with Crippen LogP contribution in [-0.2, 0) is 5.41 Å². The second-order valence-electron chi connectivity index (χ2n) is 17.6. The highest BCUT2D eigenvalue weighted by molar-refractivity contribution is 6.09. The van der Waals surface area contributed by atoms with E-state index < -0.39 is 5.41 Å². The van der Waals surface area contributed by atoms with Crippen LogP contribution in [-0.4, -0.2) is 0 Å². The highest BCUT2D eigenvalue weighted by Crippen LogP contribution is 2.64. The van der Waals surface area contributed by atoms with Gasteiger partial charge in [-0.05, 0) is 121 Å². The Bertz CT molecular complexity index is 3730. The molecular formula is C65H43NO. The second-order valence-corrected chi connectivity index (χ2v) is 17.6. The zero-order chi connectivity index (χ0) is 44.5. The van der Waals surface area contributed by atoms with Gasteiger partial charge in [-0.3, -0.25) is 0 Å². The molecule has 1 aromatic heterocycles. The number of anilines is 3. The number of para-hydroxylation sites is 1. The molecule has 1 heterocycles. The van der Waals surface area contributed by atoms with E-state index >= 15 is 0 Å². The number of furan rings is 1. The van der Waals surface area contributed by atoms with E-state index in [1.807, 2.05) is 6.08 Å². The molecule has 2 heteroatoms. The van der Waals surface area contributed by atoms with Crippen LogP contribution in [0.5, 0.6) is 0 Å². The molecule has 0 bridgehead atoms. The summed E-state index contributed by atoms with van der Waals surface area (Å²) in [6, 6.07) is 84.1. The largest absolute Gasteiger partial charge is 0.455 e. The molecule has 0 saturated carbocycles. The third-order valence-electron chi connectivity index (χ3n) is 14.1. The minimum atomic E-state index is -0.471. The Morgan fingerprint density at radius 3 is 1.73 bits per heavy atom. The zero-order valence-corrected chi connectivity index (χ0v) is 36.7. The number of benzene rings is 10. The van der Waals surface area contributed by atoms with Gasteiger partial charge in [-0.1, -0.05) is 207 Å². The summed E-state index contributed by atoms with van der Waals surface area (Å²) in [4.78, 5) is 2.47. The summed E-state index contributed by atoms with van der Waals surface area (Å²) >= 11 is 0. The fourth-order valence-corrected chi connectivity index (χ4v) is 11.2. The predicted molar refractivity (Wildman–Crippen MR) is 281 cm³/mol. The summed E-state index contributed by atoms with van der Waals surface area (Å²) in [7, 11) is 0. The van der Waals surface area contributed by atoms with Crippen molar-refractivity contribution in [2.24, 2.45) is 0 Å². The summed E-state index contributed by atoms with van der Waals surface area (Å²) < 4.78 is 6.55. The topological polar surface area (TPSA) is 16.4 Å². The second kappa shape index (κ2) is 15.5. The van der Waals surface area contributed by atoms with E-state index in [0.717, 1.165) is 61.3 Å². The lowest BCUT2D eigenvalue weighted by molar-refractivity contribution is 0.607. The molecule has 314 valence electrons. The minimum absolute atomic E-state index is 0.471. The van der Waals surface area contributed by atoms with Crippen molar-refractivity contribution in [3.05, 3.63) is 276 Å². The van der Waals surface area contributed by atoms with E-state index in [9.17, 15) is 0 Å². The lowest BCUT2D eigenvalue weighted by atomic mass is 9.70. The highest BCUT2D eigenvalue weighted by Gasteiger charge is 2.52. The molecule has 0 aliphatic heterocycles. The van der Waals surface area contributed by atoms with Gasteiger partial charge in [0.1, 0.15) is 11.3 Å². The Morgan fingerprint density at radius 2 is 0.985 bits per heavy atom. The molecule has 2 aliphatic rings. The predicted octanol–water partition coefficient (Wildman–Crippen LogP) is 17.5. The number of fused-ring (bicyclic) bond motifs is 13. The monoisotopic (exact) mass is 853 g/mol. The van der Waals surface area contributed by atoms with Gasteiger partial charge < -0.3 is 9.32 Å². The first-order valence-corrected chi connectivity index (χ1v) is 23.0. The summed E-state index contributed by atoms with van der Waals surface area (Å²) in [5.74, 6) is 0.753. The molecule has 11 aromatic rings. The van der Waals surface area contributed by atoms with Crippen LogP contribution in [0.3, 0.4) is 0 Å². The number of nitrogens with zero attached hydrogens (tertiary/aromatic N) is 1. The van der Waals surface area contributed by atoms with Crippen LogP contribution < -0.4 is 4.90 Å². The summed E-state index contributed by atoms with van der Waals surface area (Å²) in [6.07, 6.45) is 6.26. The van der Waals surface area contributed by atoms with Crippen LogP contribution in [0.2, 0.25) is 0 Å². The molecule has 10 aromatic carbocycles. The van der Waals surface area contributed by atoms with Crippen molar-refractivity contribution in [2.45, 2.75) is 5.41 Å². The lowest BCUT2D eigenvalue weighted by Crippen LogP contribution is -2.26. The van der Waals surface area contributed by atoms with Crippen LogP contribution in [0.25, 0.3) is 84.5 Å². The van der Waals surface area contributed by atoms with Crippen LogP contribution >= 0.6 is 0 Å². The number of hydrogen-bond donors (Lipinski definition) is 0. The van der Waals surface area contributed by atoms with Crippen molar-refractivity contribution >= 4 is 57.0 Å². The van der Waals surface area contributed by atoms with Crippen LogP contribution in [0.4, 0.5) is 17.1 Å². The van der Waals surface area contributed by atoms with Gasteiger partial charge in [-0.15, -0.1) is 0 Å². The van der Waals surface area contributed by atoms with Gasteiger partial charge in [-0.25, -0.2) is 0 Å².